The normalized spacial score (nSPS) is 25.5. The monoisotopic (exact) mass is 316 g/mol. The Morgan fingerprint density at radius 3 is 1.41 bits per heavy atom. The van der Waals surface area contributed by atoms with Gasteiger partial charge in [0.15, 0.2) is 0 Å². The lowest BCUT2D eigenvalue weighted by Gasteiger charge is -2.47. The zero-order valence-electron chi connectivity index (χ0n) is 16.4. The molecule has 6 unspecified atom stereocenters. The van der Waals surface area contributed by atoms with Crippen LogP contribution in [0.4, 0.5) is 0 Å². The van der Waals surface area contributed by atoms with Crippen molar-refractivity contribution in [2.24, 2.45) is 29.6 Å². The summed E-state index contributed by atoms with van der Waals surface area (Å²) in [5.74, 6) is 0.409. The molecule has 3 heteroatoms. The van der Waals surface area contributed by atoms with E-state index in [0.29, 0.717) is 0 Å². The van der Waals surface area contributed by atoms with Gasteiger partial charge >= 0.3 is 0 Å². The van der Waals surface area contributed by atoms with Crippen LogP contribution >= 0.6 is 0 Å². The molecule has 0 spiro atoms. The quantitative estimate of drug-likeness (QED) is 0.637. The number of hydrogen-bond donors (Lipinski definition) is 3. The highest BCUT2D eigenvalue weighted by Crippen LogP contribution is 2.42. The van der Waals surface area contributed by atoms with Crippen LogP contribution in [0.3, 0.4) is 0 Å². The van der Waals surface area contributed by atoms with E-state index in [1.54, 1.807) is 13.8 Å². The molecule has 0 aliphatic heterocycles. The van der Waals surface area contributed by atoms with Gasteiger partial charge in [0.25, 0.3) is 0 Å². The molecule has 0 aliphatic rings. The van der Waals surface area contributed by atoms with Crippen molar-refractivity contribution in [2.75, 3.05) is 0 Å². The minimum Gasteiger partial charge on any atom is -0.390 e. The molecular formula is C19H40O3. The minimum atomic E-state index is -0.969. The van der Waals surface area contributed by atoms with Crippen LogP contribution in [-0.2, 0) is 0 Å². The molecular weight excluding hydrogens is 276 g/mol. The molecule has 0 saturated heterocycles. The Hall–Kier alpha value is -0.120. The molecule has 3 nitrogen and oxygen atoms in total. The van der Waals surface area contributed by atoms with Crippen molar-refractivity contribution < 1.29 is 15.3 Å². The Kier molecular flexibility index (Phi) is 7.15. The van der Waals surface area contributed by atoms with E-state index >= 15 is 0 Å². The molecule has 0 saturated carbocycles. The molecule has 134 valence electrons. The zero-order valence-corrected chi connectivity index (χ0v) is 16.4. The van der Waals surface area contributed by atoms with Crippen molar-refractivity contribution in [2.45, 2.75) is 92.5 Å². The first kappa shape index (κ1) is 21.9. The molecule has 0 rings (SSSR count). The van der Waals surface area contributed by atoms with E-state index in [2.05, 4.69) is 27.7 Å². The van der Waals surface area contributed by atoms with E-state index in [4.69, 9.17) is 0 Å². The predicted molar refractivity (Wildman–Crippen MR) is 93.7 cm³/mol. The summed E-state index contributed by atoms with van der Waals surface area (Å²) >= 11 is 0. The van der Waals surface area contributed by atoms with Gasteiger partial charge in [0.1, 0.15) is 0 Å². The van der Waals surface area contributed by atoms with E-state index in [9.17, 15) is 15.3 Å². The topological polar surface area (TPSA) is 60.7 Å². The van der Waals surface area contributed by atoms with Gasteiger partial charge in [-0.25, -0.2) is 0 Å². The fourth-order valence-corrected chi connectivity index (χ4v) is 3.44. The van der Waals surface area contributed by atoms with E-state index < -0.39 is 16.8 Å². The van der Waals surface area contributed by atoms with E-state index in [-0.39, 0.29) is 29.6 Å². The van der Waals surface area contributed by atoms with Gasteiger partial charge in [0, 0.05) is 5.92 Å². The van der Waals surface area contributed by atoms with Crippen molar-refractivity contribution in [1.29, 1.82) is 0 Å². The summed E-state index contributed by atoms with van der Waals surface area (Å²) in [6.45, 7) is 19.6. The average Bonchev–Trinajstić information content (AvgIpc) is 2.41. The molecule has 0 aliphatic carbocycles. The Morgan fingerprint density at radius 2 is 1.09 bits per heavy atom. The maximum absolute atomic E-state index is 11.0. The number of hydrogen-bond acceptors (Lipinski definition) is 3. The largest absolute Gasteiger partial charge is 0.390 e. The molecule has 3 N–H and O–H groups in total. The highest BCUT2D eigenvalue weighted by Gasteiger charge is 2.46. The van der Waals surface area contributed by atoms with Crippen LogP contribution < -0.4 is 0 Å². The Labute approximate surface area is 138 Å². The summed E-state index contributed by atoms with van der Waals surface area (Å²) in [5, 5.41) is 31.8. The van der Waals surface area contributed by atoms with Gasteiger partial charge in [-0.1, -0.05) is 41.5 Å². The first-order valence-electron chi connectivity index (χ1n) is 8.77. The fraction of sp³-hybridized carbons (Fsp3) is 1.00. The van der Waals surface area contributed by atoms with Crippen molar-refractivity contribution in [3.05, 3.63) is 0 Å². The van der Waals surface area contributed by atoms with E-state index in [1.807, 2.05) is 27.7 Å². The van der Waals surface area contributed by atoms with Gasteiger partial charge < -0.3 is 15.3 Å². The maximum atomic E-state index is 11.0. The summed E-state index contributed by atoms with van der Waals surface area (Å²) in [5.41, 5.74) is -2.59. The highest BCUT2D eigenvalue weighted by atomic mass is 16.3. The van der Waals surface area contributed by atoms with E-state index in [1.165, 1.54) is 0 Å². The Balaban J connectivity index is 5.24. The third-order valence-electron chi connectivity index (χ3n) is 6.96. The summed E-state index contributed by atoms with van der Waals surface area (Å²) in [6, 6.07) is 0. The molecule has 0 aromatic carbocycles. The van der Waals surface area contributed by atoms with Gasteiger partial charge in [-0.05, 0) is 57.8 Å². The van der Waals surface area contributed by atoms with Crippen LogP contribution in [-0.4, -0.2) is 32.1 Å². The van der Waals surface area contributed by atoms with Crippen LogP contribution in [0.15, 0.2) is 0 Å². The smallest absolute Gasteiger partial charge is 0.0700 e. The van der Waals surface area contributed by atoms with Crippen LogP contribution in [0, 0.1) is 29.6 Å². The van der Waals surface area contributed by atoms with Crippen LogP contribution in [0.1, 0.15) is 75.7 Å². The lowest BCUT2D eigenvalue weighted by atomic mass is 9.63. The summed E-state index contributed by atoms with van der Waals surface area (Å²) in [7, 11) is 0. The Morgan fingerprint density at radius 1 is 0.727 bits per heavy atom. The average molecular weight is 317 g/mol. The molecule has 0 amide bonds. The molecule has 0 radical (unpaired) electrons. The van der Waals surface area contributed by atoms with Crippen LogP contribution in [0.2, 0.25) is 0 Å². The lowest BCUT2D eigenvalue weighted by Crippen LogP contribution is -2.52. The highest BCUT2D eigenvalue weighted by molar-refractivity contribution is 4.96. The molecule has 0 aromatic heterocycles. The van der Waals surface area contributed by atoms with Crippen molar-refractivity contribution in [3.63, 3.8) is 0 Å². The zero-order chi connectivity index (χ0) is 18.1. The predicted octanol–water partition coefficient (Wildman–Crippen LogP) is 3.85. The van der Waals surface area contributed by atoms with Gasteiger partial charge in [0.05, 0.1) is 16.8 Å². The number of aliphatic hydroxyl groups is 3. The van der Waals surface area contributed by atoms with Crippen molar-refractivity contribution in [3.8, 4) is 0 Å². The second-order valence-electron chi connectivity index (χ2n) is 8.61. The van der Waals surface area contributed by atoms with Crippen molar-refractivity contribution >= 4 is 0 Å². The fourth-order valence-electron chi connectivity index (χ4n) is 3.44. The van der Waals surface area contributed by atoms with Gasteiger partial charge in [0.2, 0.25) is 0 Å². The van der Waals surface area contributed by atoms with Gasteiger partial charge in [-0.3, -0.25) is 0 Å². The standard InChI is InChI=1S/C19H40O3/c1-11-18(9,21)14(4)12(2)13(3)15(5)19(10,22)16(6)17(7,8)20/h12-16,20-22H,11H2,1-10H3/t12?,13-,14?,15?,16?,18?,19?/m0/s1. The SMILES string of the molecule is CCC(C)(O)C(C)C(C)[C@H](C)C(C)C(C)(O)C(C)C(C)(C)O. The van der Waals surface area contributed by atoms with E-state index in [0.717, 1.165) is 6.42 Å². The summed E-state index contributed by atoms with van der Waals surface area (Å²) in [4.78, 5) is 0. The molecule has 0 heterocycles. The first-order chi connectivity index (χ1) is 9.60. The van der Waals surface area contributed by atoms with Crippen LogP contribution in [0.25, 0.3) is 0 Å². The molecule has 0 fully saturated rings. The lowest BCUT2D eigenvalue weighted by molar-refractivity contribution is -0.138. The second kappa shape index (κ2) is 7.19. The maximum Gasteiger partial charge on any atom is 0.0700 e. The summed E-state index contributed by atoms with van der Waals surface area (Å²) in [6.07, 6.45) is 0.718. The Bertz CT molecular complexity index is 341. The molecule has 0 aromatic rings. The molecule has 0 bridgehead atoms. The summed E-state index contributed by atoms with van der Waals surface area (Å²) < 4.78 is 0. The van der Waals surface area contributed by atoms with Gasteiger partial charge in [-0.15, -0.1) is 0 Å². The van der Waals surface area contributed by atoms with Crippen LogP contribution in [0.5, 0.6) is 0 Å². The third kappa shape index (κ3) is 4.69. The minimum absolute atomic E-state index is 0.0130. The van der Waals surface area contributed by atoms with Crippen molar-refractivity contribution in [1.82, 2.24) is 0 Å². The third-order valence-corrected chi connectivity index (χ3v) is 6.96. The first-order valence-corrected chi connectivity index (χ1v) is 8.77. The second-order valence-corrected chi connectivity index (χ2v) is 8.61. The molecule has 22 heavy (non-hydrogen) atoms. The molecule has 7 atom stereocenters. The number of rotatable bonds is 8. The van der Waals surface area contributed by atoms with Gasteiger partial charge in [-0.2, -0.15) is 0 Å².